The Labute approximate surface area is 204 Å². The van der Waals surface area contributed by atoms with Crippen molar-refractivity contribution < 1.29 is 9.47 Å². The van der Waals surface area contributed by atoms with Crippen LogP contribution in [0.3, 0.4) is 0 Å². The number of aromatic nitrogens is 4. The molecule has 0 radical (unpaired) electrons. The van der Waals surface area contributed by atoms with E-state index in [1.165, 1.54) is 0 Å². The Hall–Kier alpha value is -2.94. The van der Waals surface area contributed by atoms with E-state index in [0.29, 0.717) is 18.9 Å². The van der Waals surface area contributed by atoms with Gasteiger partial charge in [0.2, 0.25) is 6.29 Å². The van der Waals surface area contributed by atoms with Gasteiger partial charge in [0, 0.05) is 51.4 Å². The molecule has 1 unspecified atom stereocenters. The fraction of sp³-hybridized carbons (Fsp3) is 0.160. The molecule has 33 heavy (non-hydrogen) atoms. The number of pyridine rings is 1. The van der Waals surface area contributed by atoms with E-state index in [9.17, 15) is 0 Å². The van der Waals surface area contributed by atoms with Gasteiger partial charge in [-0.2, -0.15) is 0 Å². The Balaban J connectivity index is 1.42. The number of benzene rings is 2. The minimum Gasteiger partial charge on any atom is -0.460 e. The Morgan fingerprint density at radius 1 is 1.12 bits per heavy atom. The molecule has 2 aromatic heterocycles. The Bertz CT molecular complexity index is 1260. The largest absolute Gasteiger partial charge is 0.460 e. The van der Waals surface area contributed by atoms with Crippen molar-refractivity contribution in [2.24, 2.45) is 0 Å². The van der Waals surface area contributed by atoms with Gasteiger partial charge in [0.15, 0.2) is 11.0 Å². The van der Waals surface area contributed by atoms with E-state index in [-0.39, 0.29) is 0 Å². The van der Waals surface area contributed by atoms with E-state index < -0.39 is 6.29 Å². The molecule has 8 heteroatoms. The maximum absolute atomic E-state index is 6.32. The molecule has 3 heterocycles. The highest BCUT2D eigenvalue weighted by Gasteiger charge is 2.25. The first-order valence-electron chi connectivity index (χ1n) is 10.4. The average Bonchev–Trinajstić information content (AvgIpc) is 3.26. The molecule has 0 N–H and O–H groups in total. The standard InChI is InChI=1S/C25H21BrN4O2S/c1-2-12-30-23(17-8-10-27-11-9-17)28-29-25(30)33-16-20-14-21(26)13-19-15-31-24(32-22(19)20)18-6-4-3-5-7-18/h2-11,13-14,24H,1,12,15-16H2. The number of nitrogens with zero attached hydrogens (tertiary/aromatic N) is 4. The summed E-state index contributed by atoms with van der Waals surface area (Å²) in [6.45, 7) is 5.00. The molecule has 0 bridgehead atoms. The second kappa shape index (κ2) is 9.91. The highest BCUT2D eigenvalue weighted by molar-refractivity contribution is 9.10. The third-order valence-electron chi connectivity index (χ3n) is 5.22. The molecule has 6 nitrogen and oxygen atoms in total. The van der Waals surface area contributed by atoms with Crippen molar-refractivity contribution in [3.8, 4) is 17.1 Å². The first kappa shape index (κ1) is 21.9. The average molecular weight is 521 g/mol. The molecular weight excluding hydrogens is 500 g/mol. The second-order valence-electron chi connectivity index (χ2n) is 7.45. The maximum atomic E-state index is 6.32. The highest BCUT2D eigenvalue weighted by atomic mass is 79.9. The minimum atomic E-state index is -0.425. The summed E-state index contributed by atoms with van der Waals surface area (Å²) in [5.74, 6) is 2.34. The van der Waals surface area contributed by atoms with Crippen LogP contribution in [-0.4, -0.2) is 19.7 Å². The van der Waals surface area contributed by atoms with E-state index in [2.05, 4.69) is 48.3 Å². The van der Waals surface area contributed by atoms with Gasteiger partial charge in [-0.25, -0.2) is 0 Å². The first-order valence-corrected chi connectivity index (χ1v) is 12.2. The van der Waals surface area contributed by atoms with Crippen LogP contribution in [0.2, 0.25) is 0 Å². The molecule has 0 saturated heterocycles. The summed E-state index contributed by atoms with van der Waals surface area (Å²) in [5, 5.41) is 9.71. The summed E-state index contributed by atoms with van der Waals surface area (Å²) < 4.78 is 15.4. The minimum absolute atomic E-state index is 0.425. The summed E-state index contributed by atoms with van der Waals surface area (Å²) >= 11 is 5.25. The molecule has 0 spiro atoms. The zero-order valence-electron chi connectivity index (χ0n) is 17.7. The molecule has 0 fully saturated rings. The molecule has 166 valence electrons. The summed E-state index contributed by atoms with van der Waals surface area (Å²) in [5.41, 5.74) is 4.07. The Morgan fingerprint density at radius 2 is 1.94 bits per heavy atom. The van der Waals surface area contributed by atoms with Gasteiger partial charge >= 0.3 is 0 Å². The number of halogens is 1. The zero-order chi connectivity index (χ0) is 22.6. The molecule has 2 aromatic carbocycles. The third-order valence-corrected chi connectivity index (χ3v) is 6.69. The summed E-state index contributed by atoms with van der Waals surface area (Å²) in [6, 6.07) is 18.0. The summed E-state index contributed by atoms with van der Waals surface area (Å²) in [6.07, 6.45) is 4.94. The smallest absolute Gasteiger partial charge is 0.227 e. The van der Waals surface area contributed by atoms with Crippen molar-refractivity contribution in [3.05, 3.63) is 101 Å². The molecule has 0 aliphatic carbocycles. The third kappa shape index (κ3) is 4.73. The molecule has 4 aromatic rings. The van der Waals surface area contributed by atoms with Crippen molar-refractivity contribution in [1.82, 2.24) is 19.7 Å². The van der Waals surface area contributed by atoms with Crippen LogP contribution in [0.25, 0.3) is 11.4 Å². The lowest BCUT2D eigenvalue weighted by atomic mass is 10.1. The number of allylic oxidation sites excluding steroid dienone is 1. The number of fused-ring (bicyclic) bond motifs is 1. The predicted molar refractivity (Wildman–Crippen MR) is 132 cm³/mol. The van der Waals surface area contributed by atoms with E-state index in [1.807, 2.05) is 54.6 Å². The summed E-state index contributed by atoms with van der Waals surface area (Å²) in [4.78, 5) is 4.10. The van der Waals surface area contributed by atoms with Crippen LogP contribution in [0.5, 0.6) is 5.75 Å². The molecule has 1 aliphatic rings. The highest BCUT2D eigenvalue weighted by Crippen LogP contribution is 2.40. The van der Waals surface area contributed by atoms with Crippen molar-refractivity contribution in [1.29, 1.82) is 0 Å². The lowest BCUT2D eigenvalue weighted by molar-refractivity contribution is -0.111. The van der Waals surface area contributed by atoms with Crippen LogP contribution in [0.1, 0.15) is 23.0 Å². The van der Waals surface area contributed by atoms with Gasteiger partial charge in [-0.05, 0) is 24.3 Å². The molecule has 5 rings (SSSR count). The van der Waals surface area contributed by atoms with Gasteiger partial charge in [0.25, 0.3) is 0 Å². The quantitative estimate of drug-likeness (QED) is 0.214. The number of hydrogen-bond donors (Lipinski definition) is 0. The van der Waals surface area contributed by atoms with Gasteiger partial charge in [-0.1, -0.05) is 64.1 Å². The van der Waals surface area contributed by atoms with Crippen LogP contribution < -0.4 is 4.74 Å². The van der Waals surface area contributed by atoms with Crippen LogP contribution in [0.15, 0.2) is 89.3 Å². The first-order chi connectivity index (χ1) is 16.2. The lowest BCUT2D eigenvalue weighted by Crippen LogP contribution is -2.19. The second-order valence-corrected chi connectivity index (χ2v) is 9.31. The normalized spacial score (nSPS) is 15.0. The SMILES string of the molecule is C=CCn1c(SCc2cc(Br)cc3c2OC(c2ccccc2)OC3)nnc1-c1ccncc1. The van der Waals surface area contributed by atoms with E-state index in [1.54, 1.807) is 24.2 Å². The molecular formula is C25H21BrN4O2S. The van der Waals surface area contributed by atoms with Gasteiger partial charge in [-0.3, -0.25) is 9.55 Å². The van der Waals surface area contributed by atoms with Crippen molar-refractivity contribution in [2.45, 2.75) is 30.4 Å². The maximum Gasteiger partial charge on any atom is 0.227 e. The predicted octanol–water partition coefficient (Wildman–Crippen LogP) is 6.19. The van der Waals surface area contributed by atoms with Gasteiger partial charge in [0.1, 0.15) is 5.75 Å². The van der Waals surface area contributed by atoms with E-state index >= 15 is 0 Å². The topological polar surface area (TPSA) is 62.1 Å². The zero-order valence-corrected chi connectivity index (χ0v) is 20.1. The van der Waals surface area contributed by atoms with Gasteiger partial charge in [0.05, 0.1) is 6.61 Å². The molecule has 0 amide bonds. The van der Waals surface area contributed by atoms with Gasteiger partial charge < -0.3 is 9.47 Å². The number of rotatable bonds is 7. The van der Waals surface area contributed by atoms with Crippen LogP contribution in [0.4, 0.5) is 0 Å². The Morgan fingerprint density at radius 3 is 2.73 bits per heavy atom. The molecule has 1 aliphatic heterocycles. The molecule has 1 atom stereocenters. The lowest BCUT2D eigenvalue weighted by Gasteiger charge is -2.28. The van der Waals surface area contributed by atoms with E-state index in [0.717, 1.165) is 43.5 Å². The number of hydrogen-bond acceptors (Lipinski definition) is 6. The van der Waals surface area contributed by atoms with Crippen molar-refractivity contribution in [3.63, 3.8) is 0 Å². The van der Waals surface area contributed by atoms with Gasteiger partial charge in [-0.15, -0.1) is 16.8 Å². The number of thioether (sulfide) groups is 1. The van der Waals surface area contributed by atoms with Crippen molar-refractivity contribution in [2.75, 3.05) is 0 Å². The fourth-order valence-corrected chi connectivity index (χ4v) is 5.17. The van der Waals surface area contributed by atoms with Crippen molar-refractivity contribution >= 4 is 27.7 Å². The Kier molecular flexibility index (Phi) is 6.57. The monoisotopic (exact) mass is 520 g/mol. The number of ether oxygens (including phenoxy) is 2. The van der Waals surface area contributed by atoms with E-state index in [4.69, 9.17) is 9.47 Å². The summed E-state index contributed by atoms with van der Waals surface area (Å²) in [7, 11) is 0. The molecule has 0 saturated carbocycles. The van der Waals surface area contributed by atoms with Crippen LogP contribution >= 0.6 is 27.7 Å². The van der Waals surface area contributed by atoms with Crippen LogP contribution in [0, 0.1) is 0 Å². The van der Waals surface area contributed by atoms with Crippen LogP contribution in [-0.2, 0) is 23.6 Å². The fourth-order valence-electron chi connectivity index (χ4n) is 3.70.